The molecule has 0 aliphatic rings. The molecule has 0 spiro atoms. The zero-order chi connectivity index (χ0) is 10.3. The molecule has 0 aromatic carbocycles. The molecule has 0 unspecified atom stereocenters. The second kappa shape index (κ2) is 6.60. The van der Waals surface area contributed by atoms with Crippen LogP contribution in [0.4, 0.5) is 5.82 Å². The van der Waals surface area contributed by atoms with Crippen LogP contribution in [0.15, 0.2) is 16.7 Å². The molecule has 1 aromatic heterocycles. The third-order valence-electron chi connectivity index (χ3n) is 1.24. The fourth-order valence-corrected chi connectivity index (χ4v) is 0.958. The Hall–Kier alpha value is -0.900. The molecule has 72 valence electrons. The Morgan fingerprint density at radius 1 is 1.54 bits per heavy atom. The predicted octanol–water partition coefficient (Wildman–Crippen LogP) is 2.75. The SMILES string of the molecule is CC.Cc1cnc(NC=O)cc1Br. The predicted molar refractivity (Wildman–Crippen MR) is 57.7 cm³/mol. The molecular weight excluding hydrogens is 232 g/mol. The lowest BCUT2D eigenvalue weighted by Crippen LogP contribution is -1.96. The first-order chi connectivity index (χ1) is 6.24. The third-order valence-corrected chi connectivity index (χ3v) is 2.10. The number of amides is 1. The molecule has 0 atom stereocenters. The first-order valence-electron chi connectivity index (χ1n) is 4.06. The summed E-state index contributed by atoms with van der Waals surface area (Å²) in [6.45, 7) is 5.93. The van der Waals surface area contributed by atoms with Crippen molar-refractivity contribution in [2.75, 3.05) is 5.32 Å². The van der Waals surface area contributed by atoms with E-state index in [0.29, 0.717) is 12.2 Å². The Morgan fingerprint density at radius 3 is 2.62 bits per heavy atom. The van der Waals surface area contributed by atoms with Crippen molar-refractivity contribution < 1.29 is 4.79 Å². The van der Waals surface area contributed by atoms with Crippen molar-refractivity contribution in [2.45, 2.75) is 20.8 Å². The average Bonchev–Trinajstić information content (AvgIpc) is 2.15. The van der Waals surface area contributed by atoms with E-state index in [-0.39, 0.29) is 0 Å². The zero-order valence-electron chi connectivity index (χ0n) is 7.97. The van der Waals surface area contributed by atoms with Gasteiger partial charge in [0.05, 0.1) is 0 Å². The summed E-state index contributed by atoms with van der Waals surface area (Å²) < 4.78 is 0.942. The Kier molecular flexibility index (Phi) is 6.14. The number of nitrogens with zero attached hydrogens (tertiary/aromatic N) is 1. The molecule has 13 heavy (non-hydrogen) atoms. The number of aromatic nitrogens is 1. The third kappa shape index (κ3) is 4.03. The molecule has 1 heterocycles. The van der Waals surface area contributed by atoms with Crippen LogP contribution in [0.2, 0.25) is 0 Å². The van der Waals surface area contributed by atoms with Crippen LogP contribution in [0.5, 0.6) is 0 Å². The lowest BCUT2D eigenvalue weighted by molar-refractivity contribution is -0.105. The van der Waals surface area contributed by atoms with Gasteiger partial charge in [-0.15, -0.1) is 0 Å². The van der Waals surface area contributed by atoms with Crippen molar-refractivity contribution in [3.05, 3.63) is 22.3 Å². The van der Waals surface area contributed by atoms with E-state index in [2.05, 4.69) is 26.2 Å². The number of rotatable bonds is 2. The molecule has 0 bridgehead atoms. The van der Waals surface area contributed by atoms with Gasteiger partial charge in [-0.1, -0.05) is 29.8 Å². The molecule has 0 radical (unpaired) electrons. The highest BCUT2D eigenvalue weighted by Crippen LogP contribution is 2.17. The van der Waals surface area contributed by atoms with Gasteiger partial charge in [0, 0.05) is 10.7 Å². The van der Waals surface area contributed by atoms with Gasteiger partial charge in [-0.05, 0) is 18.6 Å². The molecule has 0 fully saturated rings. The van der Waals surface area contributed by atoms with Crippen LogP contribution in [0.25, 0.3) is 0 Å². The molecular formula is C9H13BrN2O. The van der Waals surface area contributed by atoms with Crippen molar-refractivity contribution in [3.8, 4) is 0 Å². The van der Waals surface area contributed by atoms with Gasteiger partial charge in [-0.2, -0.15) is 0 Å². The largest absolute Gasteiger partial charge is 0.313 e. The normalized spacial score (nSPS) is 8.31. The van der Waals surface area contributed by atoms with Crippen molar-refractivity contribution >= 4 is 28.2 Å². The topological polar surface area (TPSA) is 42.0 Å². The Labute approximate surface area is 86.7 Å². The number of nitrogens with one attached hydrogen (secondary N) is 1. The fraction of sp³-hybridized carbons (Fsp3) is 0.333. The minimum absolute atomic E-state index is 0.553. The van der Waals surface area contributed by atoms with Gasteiger partial charge >= 0.3 is 0 Å². The molecule has 0 saturated heterocycles. The maximum absolute atomic E-state index is 10.0. The summed E-state index contributed by atoms with van der Waals surface area (Å²) in [5, 5.41) is 2.45. The first-order valence-corrected chi connectivity index (χ1v) is 4.85. The number of hydrogen-bond acceptors (Lipinski definition) is 2. The van der Waals surface area contributed by atoms with Crippen LogP contribution >= 0.6 is 15.9 Å². The molecule has 0 aliphatic heterocycles. The van der Waals surface area contributed by atoms with Crippen molar-refractivity contribution in [1.82, 2.24) is 4.98 Å². The van der Waals surface area contributed by atoms with Crippen LogP contribution in [0.3, 0.4) is 0 Å². The van der Waals surface area contributed by atoms with Crippen LogP contribution in [-0.4, -0.2) is 11.4 Å². The second-order valence-electron chi connectivity index (χ2n) is 2.08. The number of carbonyl (C=O) groups excluding carboxylic acids is 1. The summed E-state index contributed by atoms with van der Waals surface area (Å²) in [6.07, 6.45) is 2.29. The van der Waals surface area contributed by atoms with Crippen LogP contribution < -0.4 is 5.32 Å². The number of anilines is 1. The molecule has 4 heteroatoms. The average molecular weight is 245 g/mol. The van der Waals surface area contributed by atoms with Gasteiger partial charge in [0.25, 0.3) is 0 Å². The molecule has 0 aliphatic carbocycles. The highest BCUT2D eigenvalue weighted by molar-refractivity contribution is 9.10. The quantitative estimate of drug-likeness (QED) is 0.814. The summed E-state index contributed by atoms with van der Waals surface area (Å²) in [7, 11) is 0. The lowest BCUT2D eigenvalue weighted by atomic mass is 10.3. The van der Waals surface area contributed by atoms with Crippen molar-refractivity contribution in [2.24, 2.45) is 0 Å². The highest BCUT2D eigenvalue weighted by atomic mass is 79.9. The number of pyridine rings is 1. The van der Waals surface area contributed by atoms with E-state index >= 15 is 0 Å². The number of halogens is 1. The van der Waals surface area contributed by atoms with Crippen molar-refractivity contribution in [1.29, 1.82) is 0 Å². The maximum atomic E-state index is 10.0. The van der Waals surface area contributed by atoms with Crippen LogP contribution in [-0.2, 0) is 4.79 Å². The standard InChI is InChI=1S/C7H7BrN2O.C2H6/c1-5-3-9-7(10-4-11)2-6(5)8;1-2/h2-4H,1H3,(H,9,10,11);1-2H3. The molecule has 1 aromatic rings. The molecule has 0 saturated carbocycles. The van der Waals surface area contributed by atoms with E-state index in [1.54, 1.807) is 12.3 Å². The van der Waals surface area contributed by atoms with Gasteiger partial charge in [0.1, 0.15) is 5.82 Å². The summed E-state index contributed by atoms with van der Waals surface area (Å²) >= 11 is 3.32. The van der Waals surface area contributed by atoms with Crippen LogP contribution in [0.1, 0.15) is 19.4 Å². The molecule has 1 rings (SSSR count). The van der Waals surface area contributed by atoms with E-state index in [1.807, 2.05) is 20.8 Å². The Balaban J connectivity index is 0.000000671. The van der Waals surface area contributed by atoms with E-state index in [9.17, 15) is 4.79 Å². The monoisotopic (exact) mass is 244 g/mol. The summed E-state index contributed by atoms with van der Waals surface area (Å²) in [5.74, 6) is 0.553. The van der Waals surface area contributed by atoms with Gasteiger partial charge < -0.3 is 5.32 Å². The van der Waals surface area contributed by atoms with Crippen LogP contribution in [0, 0.1) is 6.92 Å². The number of aryl methyl sites for hydroxylation is 1. The van der Waals surface area contributed by atoms with E-state index in [1.165, 1.54) is 0 Å². The first kappa shape index (κ1) is 12.1. The smallest absolute Gasteiger partial charge is 0.212 e. The summed E-state index contributed by atoms with van der Waals surface area (Å²) in [6, 6.07) is 1.75. The minimum atomic E-state index is 0.553. The Bertz CT molecular complexity index is 276. The molecule has 3 nitrogen and oxygen atoms in total. The number of hydrogen-bond donors (Lipinski definition) is 1. The van der Waals surface area contributed by atoms with E-state index in [0.717, 1.165) is 10.0 Å². The van der Waals surface area contributed by atoms with E-state index in [4.69, 9.17) is 0 Å². The maximum Gasteiger partial charge on any atom is 0.212 e. The van der Waals surface area contributed by atoms with Gasteiger partial charge in [0.2, 0.25) is 6.41 Å². The minimum Gasteiger partial charge on any atom is -0.313 e. The zero-order valence-corrected chi connectivity index (χ0v) is 9.55. The van der Waals surface area contributed by atoms with Gasteiger partial charge in [0.15, 0.2) is 0 Å². The van der Waals surface area contributed by atoms with Crippen molar-refractivity contribution in [3.63, 3.8) is 0 Å². The fourth-order valence-electron chi connectivity index (χ4n) is 0.638. The molecule has 1 amide bonds. The summed E-state index contributed by atoms with van der Waals surface area (Å²) in [4.78, 5) is 14.0. The second-order valence-corrected chi connectivity index (χ2v) is 2.94. The van der Waals surface area contributed by atoms with Gasteiger partial charge in [-0.25, -0.2) is 4.98 Å². The molecule has 1 N–H and O–H groups in total. The van der Waals surface area contributed by atoms with E-state index < -0.39 is 0 Å². The lowest BCUT2D eigenvalue weighted by Gasteiger charge is -1.99. The van der Waals surface area contributed by atoms with Gasteiger partial charge in [-0.3, -0.25) is 4.79 Å². The summed E-state index contributed by atoms with van der Waals surface area (Å²) in [5.41, 5.74) is 1.04. The number of carbonyl (C=O) groups is 1. The highest BCUT2D eigenvalue weighted by Gasteiger charge is 1.96. The Morgan fingerprint density at radius 2 is 2.15 bits per heavy atom.